The zero-order chi connectivity index (χ0) is 16.9. The van der Waals surface area contributed by atoms with Gasteiger partial charge in [0.05, 0.1) is 4.92 Å². The van der Waals surface area contributed by atoms with E-state index in [1.165, 1.54) is 17.8 Å². The van der Waals surface area contributed by atoms with Crippen molar-refractivity contribution in [3.8, 4) is 11.4 Å². The van der Waals surface area contributed by atoms with Gasteiger partial charge in [-0.25, -0.2) is 0 Å². The third kappa shape index (κ3) is 3.43. The van der Waals surface area contributed by atoms with Crippen molar-refractivity contribution in [3.05, 3.63) is 64.5 Å². The van der Waals surface area contributed by atoms with Gasteiger partial charge in [0.2, 0.25) is 0 Å². The number of thioether (sulfide) groups is 1. The highest BCUT2D eigenvalue weighted by Gasteiger charge is 2.14. The predicted molar refractivity (Wildman–Crippen MR) is 91.6 cm³/mol. The Morgan fingerprint density at radius 1 is 1.25 bits per heavy atom. The van der Waals surface area contributed by atoms with Crippen LogP contribution >= 0.6 is 11.8 Å². The quantitative estimate of drug-likeness (QED) is 0.387. The molecule has 0 atom stereocenters. The largest absolute Gasteiger partial charge is 0.302 e. The highest BCUT2D eigenvalue weighted by Crippen LogP contribution is 2.27. The van der Waals surface area contributed by atoms with Gasteiger partial charge < -0.3 is 4.57 Å². The van der Waals surface area contributed by atoms with Gasteiger partial charge in [0.25, 0.3) is 5.69 Å². The van der Waals surface area contributed by atoms with Crippen LogP contribution in [-0.4, -0.2) is 24.7 Å². The van der Waals surface area contributed by atoms with Crippen LogP contribution < -0.4 is 0 Å². The van der Waals surface area contributed by atoms with E-state index in [1.54, 1.807) is 24.5 Å². The van der Waals surface area contributed by atoms with Crippen molar-refractivity contribution in [1.82, 2.24) is 19.7 Å². The fourth-order valence-electron chi connectivity index (χ4n) is 2.30. The predicted octanol–water partition coefficient (Wildman–Crippen LogP) is 3.56. The zero-order valence-electron chi connectivity index (χ0n) is 13.0. The van der Waals surface area contributed by atoms with E-state index in [2.05, 4.69) is 15.2 Å². The Morgan fingerprint density at radius 2 is 2.12 bits per heavy atom. The Morgan fingerprint density at radius 3 is 2.83 bits per heavy atom. The number of aromatic nitrogens is 4. The lowest BCUT2D eigenvalue weighted by molar-refractivity contribution is -0.384. The molecule has 0 spiro atoms. The van der Waals surface area contributed by atoms with Gasteiger partial charge in [-0.05, 0) is 24.6 Å². The minimum Gasteiger partial charge on any atom is -0.302 e. The summed E-state index contributed by atoms with van der Waals surface area (Å²) in [6, 6.07) is 10.4. The molecule has 8 heteroatoms. The number of benzene rings is 1. The number of nitro groups is 1. The van der Waals surface area contributed by atoms with E-state index < -0.39 is 0 Å². The molecule has 2 aromatic heterocycles. The first-order valence-corrected chi connectivity index (χ1v) is 8.37. The summed E-state index contributed by atoms with van der Waals surface area (Å²) in [6.45, 7) is 2.76. The van der Waals surface area contributed by atoms with Crippen molar-refractivity contribution in [3.63, 3.8) is 0 Å². The first-order chi connectivity index (χ1) is 11.7. The summed E-state index contributed by atoms with van der Waals surface area (Å²) in [5.41, 5.74) is 1.89. The second-order valence-corrected chi connectivity index (χ2v) is 5.95. The summed E-state index contributed by atoms with van der Waals surface area (Å²) in [4.78, 5) is 14.6. The third-order valence-corrected chi connectivity index (χ3v) is 4.48. The van der Waals surface area contributed by atoms with Crippen molar-refractivity contribution >= 4 is 17.4 Å². The normalized spacial score (nSPS) is 10.7. The lowest BCUT2D eigenvalue weighted by atomic mass is 10.2. The Balaban J connectivity index is 1.80. The molecule has 0 radical (unpaired) electrons. The van der Waals surface area contributed by atoms with Crippen LogP contribution in [0, 0.1) is 10.1 Å². The first-order valence-electron chi connectivity index (χ1n) is 7.38. The molecule has 0 bridgehead atoms. The highest BCUT2D eigenvalue weighted by molar-refractivity contribution is 7.98. The highest BCUT2D eigenvalue weighted by atomic mass is 32.2. The van der Waals surface area contributed by atoms with E-state index in [-0.39, 0.29) is 10.6 Å². The smallest absolute Gasteiger partial charge is 0.269 e. The van der Waals surface area contributed by atoms with E-state index in [1.807, 2.05) is 29.7 Å². The molecule has 24 heavy (non-hydrogen) atoms. The van der Waals surface area contributed by atoms with Gasteiger partial charge >= 0.3 is 0 Å². The number of rotatable bonds is 6. The van der Waals surface area contributed by atoms with Crippen LogP contribution in [0.2, 0.25) is 0 Å². The minimum atomic E-state index is -0.386. The van der Waals surface area contributed by atoms with Crippen molar-refractivity contribution < 1.29 is 4.92 Å². The van der Waals surface area contributed by atoms with Gasteiger partial charge in [-0.2, -0.15) is 0 Å². The van der Waals surface area contributed by atoms with Crippen molar-refractivity contribution in [2.45, 2.75) is 24.4 Å². The number of pyridine rings is 1. The number of nitro benzene ring substituents is 1. The van der Waals surface area contributed by atoms with Crippen LogP contribution in [0.1, 0.15) is 12.5 Å². The fraction of sp³-hybridized carbons (Fsp3) is 0.188. The summed E-state index contributed by atoms with van der Waals surface area (Å²) in [5.74, 6) is 1.36. The second-order valence-electron chi connectivity index (χ2n) is 5.01. The van der Waals surface area contributed by atoms with E-state index >= 15 is 0 Å². The maximum Gasteiger partial charge on any atom is 0.269 e. The average molecular weight is 341 g/mol. The molecule has 2 heterocycles. The van der Waals surface area contributed by atoms with Crippen LogP contribution in [0.3, 0.4) is 0 Å². The van der Waals surface area contributed by atoms with Gasteiger partial charge in [-0.15, -0.1) is 10.2 Å². The average Bonchev–Trinajstić information content (AvgIpc) is 3.04. The van der Waals surface area contributed by atoms with Crippen LogP contribution in [-0.2, 0) is 12.3 Å². The molecule has 122 valence electrons. The standard InChI is InChI=1S/C16H15N5O2S/c1-2-20-15(13-6-4-8-17-10-13)18-19-16(20)24-11-12-5-3-7-14(9-12)21(22)23/h3-10H,2,11H2,1H3. The number of hydrogen-bond donors (Lipinski definition) is 0. The first kappa shape index (κ1) is 16.1. The molecule has 0 N–H and O–H groups in total. The molecular formula is C16H15N5O2S. The molecule has 0 amide bonds. The molecule has 0 unspecified atom stereocenters. The number of non-ortho nitro benzene ring substituents is 1. The molecule has 0 saturated carbocycles. The molecular weight excluding hydrogens is 326 g/mol. The van der Waals surface area contributed by atoms with Crippen molar-refractivity contribution in [1.29, 1.82) is 0 Å². The van der Waals surface area contributed by atoms with Gasteiger partial charge in [0, 0.05) is 42.4 Å². The fourth-order valence-corrected chi connectivity index (χ4v) is 3.24. The number of nitrogens with zero attached hydrogens (tertiary/aromatic N) is 5. The third-order valence-electron chi connectivity index (χ3n) is 3.44. The summed E-state index contributed by atoms with van der Waals surface area (Å²) in [7, 11) is 0. The molecule has 0 aliphatic carbocycles. The van der Waals surface area contributed by atoms with Gasteiger partial charge in [0.1, 0.15) is 0 Å². The Kier molecular flexibility index (Phi) is 4.85. The van der Waals surface area contributed by atoms with Crippen LogP contribution in [0.4, 0.5) is 5.69 Å². The van der Waals surface area contributed by atoms with Crippen LogP contribution in [0.25, 0.3) is 11.4 Å². The molecule has 3 aromatic rings. The van der Waals surface area contributed by atoms with Gasteiger partial charge in [-0.1, -0.05) is 23.9 Å². The van der Waals surface area contributed by atoms with E-state index in [9.17, 15) is 10.1 Å². The second kappa shape index (κ2) is 7.22. The van der Waals surface area contributed by atoms with Crippen molar-refractivity contribution in [2.24, 2.45) is 0 Å². The lowest BCUT2D eigenvalue weighted by Crippen LogP contribution is -2.00. The minimum absolute atomic E-state index is 0.0982. The Labute approximate surface area is 142 Å². The van der Waals surface area contributed by atoms with Crippen LogP contribution in [0.15, 0.2) is 53.9 Å². The maximum atomic E-state index is 10.9. The summed E-state index contributed by atoms with van der Waals surface area (Å²) in [6.07, 6.45) is 3.47. The van der Waals surface area contributed by atoms with Crippen LogP contribution in [0.5, 0.6) is 0 Å². The summed E-state index contributed by atoms with van der Waals surface area (Å²) >= 11 is 1.51. The molecule has 3 rings (SSSR count). The van der Waals surface area contributed by atoms with Crippen molar-refractivity contribution in [2.75, 3.05) is 0 Å². The maximum absolute atomic E-state index is 10.9. The zero-order valence-corrected chi connectivity index (χ0v) is 13.8. The lowest BCUT2D eigenvalue weighted by Gasteiger charge is -2.07. The molecule has 0 saturated heterocycles. The van der Waals surface area contributed by atoms with Gasteiger partial charge in [-0.3, -0.25) is 15.1 Å². The van der Waals surface area contributed by atoms with E-state index in [0.717, 1.165) is 28.7 Å². The molecule has 0 fully saturated rings. The summed E-state index contributed by atoms with van der Waals surface area (Å²) < 4.78 is 2.01. The Bertz CT molecular complexity index is 851. The molecule has 0 aliphatic rings. The SMILES string of the molecule is CCn1c(SCc2cccc([N+](=O)[O-])c2)nnc1-c1cccnc1. The van der Waals surface area contributed by atoms with E-state index in [4.69, 9.17) is 0 Å². The molecule has 7 nitrogen and oxygen atoms in total. The Hall–Kier alpha value is -2.74. The van der Waals surface area contributed by atoms with E-state index in [0.29, 0.717) is 5.75 Å². The number of hydrogen-bond acceptors (Lipinski definition) is 6. The van der Waals surface area contributed by atoms with Gasteiger partial charge in [0.15, 0.2) is 11.0 Å². The summed E-state index contributed by atoms with van der Waals surface area (Å²) in [5, 5.41) is 20.1. The molecule has 0 aliphatic heterocycles. The topological polar surface area (TPSA) is 86.7 Å². The molecule has 1 aromatic carbocycles. The monoisotopic (exact) mass is 341 g/mol.